The number of halogens is 2. The molecule has 0 aliphatic heterocycles. The second kappa shape index (κ2) is 5.84. The van der Waals surface area contributed by atoms with Gasteiger partial charge in [0.05, 0.1) is 12.0 Å². The lowest BCUT2D eigenvalue weighted by Crippen LogP contribution is -2.09. The zero-order valence-corrected chi connectivity index (χ0v) is 11.0. The number of phenols is 1. The van der Waals surface area contributed by atoms with Crippen LogP contribution in [0.25, 0.3) is 0 Å². The largest absolute Gasteiger partial charge is 0.507 e. The van der Waals surface area contributed by atoms with Gasteiger partial charge >= 0.3 is 0 Å². The third-order valence-corrected chi connectivity index (χ3v) is 2.96. The number of carbonyl (C=O) groups is 2. The van der Waals surface area contributed by atoms with E-state index in [0.29, 0.717) is 0 Å². The fraction of sp³-hybridized carbons (Fsp3) is 0.0667. The number of Topliss-reactive ketones (excluding diaryl/α,β-unsaturated/α-hetero) is 2. The van der Waals surface area contributed by atoms with Gasteiger partial charge in [0.2, 0.25) is 0 Å². The van der Waals surface area contributed by atoms with E-state index in [1.165, 1.54) is 36.4 Å². The summed E-state index contributed by atoms with van der Waals surface area (Å²) in [5, 5.41) is 9.86. The van der Waals surface area contributed by atoms with Crippen molar-refractivity contribution in [2.45, 2.75) is 6.42 Å². The average Bonchev–Trinajstić information content (AvgIpc) is 2.41. The van der Waals surface area contributed by atoms with Crippen molar-refractivity contribution >= 4 is 23.2 Å². The molecule has 0 saturated carbocycles. The third kappa shape index (κ3) is 3.22. The lowest BCUT2D eigenvalue weighted by Gasteiger charge is -2.04. The lowest BCUT2D eigenvalue weighted by molar-refractivity contribution is 0.0893. The molecule has 0 fully saturated rings. The van der Waals surface area contributed by atoms with E-state index >= 15 is 0 Å². The number of rotatable bonds is 4. The van der Waals surface area contributed by atoms with Crippen LogP contribution in [0.2, 0.25) is 5.02 Å². The van der Waals surface area contributed by atoms with Crippen LogP contribution in [0.15, 0.2) is 42.5 Å². The second-order valence-corrected chi connectivity index (χ2v) is 4.63. The Morgan fingerprint density at radius 2 is 1.85 bits per heavy atom. The van der Waals surface area contributed by atoms with Gasteiger partial charge in [0.15, 0.2) is 11.6 Å². The summed E-state index contributed by atoms with van der Waals surface area (Å²) in [6.07, 6.45) is -0.461. The van der Waals surface area contributed by atoms with Crippen LogP contribution in [0.1, 0.15) is 27.1 Å². The quantitative estimate of drug-likeness (QED) is 0.691. The first kappa shape index (κ1) is 14.2. The van der Waals surface area contributed by atoms with Crippen molar-refractivity contribution in [2.24, 2.45) is 0 Å². The summed E-state index contributed by atoms with van der Waals surface area (Å²) >= 11 is 5.74. The maximum Gasteiger partial charge on any atom is 0.174 e. The molecular weight excluding hydrogens is 283 g/mol. The highest BCUT2D eigenvalue weighted by molar-refractivity contribution is 6.31. The van der Waals surface area contributed by atoms with Crippen LogP contribution in [-0.2, 0) is 0 Å². The van der Waals surface area contributed by atoms with E-state index in [1.807, 2.05) is 0 Å². The number of hydrogen-bond acceptors (Lipinski definition) is 3. The molecule has 0 spiro atoms. The molecule has 0 bridgehead atoms. The Balaban J connectivity index is 2.19. The van der Waals surface area contributed by atoms with Crippen LogP contribution >= 0.6 is 11.6 Å². The number of ketones is 2. The number of benzene rings is 2. The van der Waals surface area contributed by atoms with E-state index in [9.17, 15) is 19.1 Å². The summed E-state index contributed by atoms with van der Waals surface area (Å²) in [5.41, 5.74) is 0.0853. The molecule has 0 radical (unpaired) electrons. The maximum absolute atomic E-state index is 13.0. The minimum atomic E-state index is -0.570. The molecule has 2 aromatic carbocycles. The van der Waals surface area contributed by atoms with Gasteiger partial charge in [0, 0.05) is 10.6 Å². The Bertz CT molecular complexity index is 683. The Hall–Kier alpha value is -2.20. The highest BCUT2D eigenvalue weighted by Crippen LogP contribution is 2.23. The molecule has 2 aromatic rings. The molecule has 3 nitrogen and oxygen atoms in total. The fourth-order valence-corrected chi connectivity index (χ4v) is 1.91. The van der Waals surface area contributed by atoms with Gasteiger partial charge in [-0.05, 0) is 30.3 Å². The fourth-order valence-electron chi connectivity index (χ4n) is 1.74. The van der Waals surface area contributed by atoms with E-state index in [4.69, 9.17) is 11.6 Å². The van der Waals surface area contributed by atoms with Gasteiger partial charge in [0.1, 0.15) is 11.6 Å². The van der Waals surface area contributed by atoms with Crippen molar-refractivity contribution in [3.05, 3.63) is 64.4 Å². The van der Waals surface area contributed by atoms with Crippen LogP contribution in [-0.4, -0.2) is 16.7 Å². The Morgan fingerprint density at radius 3 is 2.55 bits per heavy atom. The van der Waals surface area contributed by atoms with Crippen molar-refractivity contribution in [1.82, 2.24) is 0 Å². The van der Waals surface area contributed by atoms with Gasteiger partial charge in [0.25, 0.3) is 0 Å². The minimum absolute atomic E-state index is 0.0257. The highest BCUT2D eigenvalue weighted by atomic mass is 35.5. The molecule has 0 aliphatic rings. The first-order valence-corrected chi connectivity index (χ1v) is 6.15. The van der Waals surface area contributed by atoms with Gasteiger partial charge < -0.3 is 5.11 Å². The highest BCUT2D eigenvalue weighted by Gasteiger charge is 2.17. The summed E-state index contributed by atoms with van der Waals surface area (Å²) in [6.45, 7) is 0. The monoisotopic (exact) mass is 292 g/mol. The molecule has 5 heteroatoms. The van der Waals surface area contributed by atoms with Gasteiger partial charge in [-0.3, -0.25) is 9.59 Å². The van der Waals surface area contributed by atoms with Gasteiger partial charge in [-0.2, -0.15) is 0 Å². The number of aromatic hydroxyl groups is 1. The van der Waals surface area contributed by atoms with Crippen LogP contribution in [0.3, 0.4) is 0 Å². The van der Waals surface area contributed by atoms with Crippen molar-refractivity contribution in [1.29, 1.82) is 0 Å². The Labute approximate surface area is 119 Å². The lowest BCUT2D eigenvalue weighted by atomic mass is 10.0. The van der Waals surface area contributed by atoms with E-state index in [1.54, 1.807) is 0 Å². The summed E-state index contributed by atoms with van der Waals surface area (Å²) in [7, 11) is 0. The number of carbonyl (C=O) groups excluding carboxylic acids is 2. The topological polar surface area (TPSA) is 54.4 Å². The first-order chi connectivity index (χ1) is 9.47. The van der Waals surface area contributed by atoms with Crippen LogP contribution in [0.5, 0.6) is 5.75 Å². The van der Waals surface area contributed by atoms with E-state index in [-0.39, 0.29) is 21.9 Å². The molecule has 0 unspecified atom stereocenters. The van der Waals surface area contributed by atoms with Crippen LogP contribution < -0.4 is 0 Å². The van der Waals surface area contributed by atoms with Crippen LogP contribution in [0.4, 0.5) is 4.39 Å². The summed E-state index contributed by atoms with van der Waals surface area (Å²) in [5.74, 6) is -1.88. The summed E-state index contributed by atoms with van der Waals surface area (Å²) in [6, 6.07) is 9.09. The molecule has 0 atom stereocenters. The van der Waals surface area contributed by atoms with Crippen molar-refractivity contribution < 1.29 is 19.1 Å². The average molecular weight is 293 g/mol. The molecule has 102 valence electrons. The standard InChI is InChI=1S/C15H10ClFO3/c16-10-4-5-13(18)12(7-10)15(20)8-14(19)9-2-1-3-11(17)6-9/h1-7,18H,8H2. The van der Waals surface area contributed by atoms with E-state index in [2.05, 4.69) is 0 Å². The predicted molar refractivity (Wildman–Crippen MR) is 72.8 cm³/mol. The molecule has 20 heavy (non-hydrogen) atoms. The zero-order valence-electron chi connectivity index (χ0n) is 10.3. The molecule has 0 amide bonds. The van der Waals surface area contributed by atoms with Gasteiger partial charge in [-0.25, -0.2) is 4.39 Å². The molecule has 0 aromatic heterocycles. The summed E-state index contributed by atoms with van der Waals surface area (Å²) in [4.78, 5) is 23.8. The van der Waals surface area contributed by atoms with Crippen LogP contribution in [0, 0.1) is 5.82 Å². The van der Waals surface area contributed by atoms with Crippen molar-refractivity contribution in [3.63, 3.8) is 0 Å². The molecule has 0 saturated heterocycles. The number of phenolic OH excluding ortho intramolecular Hbond substituents is 1. The molecule has 1 N–H and O–H groups in total. The predicted octanol–water partition coefficient (Wildman–Crippen LogP) is 3.64. The van der Waals surface area contributed by atoms with Crippen molar-refractivity contribution in [3.8, 4) is 5.75 Å². The normalized spacial score (nSPS) is 10.3. The number of hydrogen-bond donors (Lipinski definition) is 1. The minimum Gasteiger partial charge on any atom is -0.507 e. The summed E-state index contributed by atoms with van der Waals surface area (Å²) < 4.78 is 13.0. The molecular formula is C15H10ClFO3. The van der Waals surface area contributed by atoms with E-state index in [0.717, 1.165) is 6.07 Å². The molecule has 2 rings (SSSR count). The third-order valence-electron chi connectivity index (χ3n) is 2.73. The Morgan fingerprint density at radius 1 is 1.10 bits per heavy atom. The van der Waals surface area contributed by atoms with E-state index < -0.39 is 23.8 Å². The molecule has 0 aliphatic carbocycles. The van der Waals surface area contributed by atoms with Gasteiger partial charge in [-0.15, -0.1) is 0 Å². The Kier molecular flexibility index (Phi) is 4.15. The van der Waals surface area contributed by atoms with Gasteiger partial charge in [-0.1, -0.05) is 23.7 Å². The first-order valence-electron chi connectivity index (χ1n) is 5.78. The maximum atomic E-state index is 13.0. The SMILES string of the molecule is O=C(CC(=O)c1cc(Cl)ccc1O)c1cccc(F)c1. The zero-order chi connectivity index (χ0) is 14.7. The smallest absolute Gasteiger partial charge is 0.174 e. The second-order valence-electron chi connectivity index (χ2n) is 4.19. The molecule has 0 heterocycles. The van der Waals surface area contributed by atoms with Crippen molar-refractivity contribution in [2.75, 3.05) is 0 Å².